The second kappa shape index (κ2) is 7.59. The van der Waals surface area contributed by atoms with Crippen LogP contribution in [0.25, 0.3) is 5.69 Å². The number of hydrogen-bond donors (Lipinski definition) is 0. The maximum atomic E-state index is 13.0. The molecule has 0 spiro atoms. The number of halogens is 1. The van der Waals surface area contributed by atoms with Gasteiger partial charge in [0, 0.05) is 18.0 Å². The van der Waals surface area contributed by atoms with Gasteiger partial charge in [-0.2, -0.15) is 0 Å². The Morgan fingerprint density at radius 2 is 1.71 bits per heavy atom. The first-order valence-electron chi connectivity index (χ1n) is 7.88. The highest BCUT2D eigenvalue weighted by Gasteiger charge is 2.02. The number of aryl methyl sites for hydroxylation is 1. The van der Waals surface area contributed by atoms with Crippen LogP contribution in [0.5, 0.6) is 5.75 Å². The van der Waals surface area contributed by atoms with Gasteiger partial charge < -0.3 is 4.74 Å². The molecular formula is C20H18FNO2. The first-order valence-corrected chi connectivity index (χ1v) is 7.88. The molecule has 0 atom stereocenters. The van der Waals surface area contributed by atoms with Gasteiger partial charge in [0.05, 0.1) is 6.61 Å². The molecule has 2 aromatic carbocycles. The lowest BCUT2D eigenvalue weighted by molar-refractivity contribution is 0.310. The largest absolute Gasteiger partial charge is 0.493 e. The Balaban J connectivity index is 1.58. The minimum absolute atomic E-state index is 0.206. The van der Waals surface area contributed by atoms with Gasteiger partial charge in [0.15, 0.2) is 0 Å². The number of aromatic nitrogens is 1. The highest BCUT2D eigenvalue weighted by atomic mass is 19.1. The SMILES string of the molecule is O=c1cc(OCCCc2ccccc2)ccn1-c1ccc(F)cc1. The second-order valence-corrected chi connectivity index (χ2v) is 5.48. The van der Waals surface area contributed by atoms with E-state index in [1.165, 1.54) is 28.3 Å². The molecule has 0 amide bonds. The molecule has 1 aromatic heterocycles. The summed E-state index contributed by atoms with van der Waals surface area (Å²) < 4.78 is 20.1. The zero-order valence-corrected chi connectivity index (χ0v) is 13.2. The number of pyridine rings is 1. The van der Waals surface area contributed by atoms with Crippen LogP contribution < -0.4 is 10.3 Å². The first-order chi connectivity index (χ1) is 11.7. The summed E-state index contributed by atoms with van der Waals surface area (Å²) >= 11 is 0. The molecule has 24 heavy (non-hydrogen) atoms. The lowest BCUT2D eigenvalue weighted by atomic mass is 10.1. The molecule has 0 radical (unpaired) electrons. The van der Waals surface area contributed by atoms with Gasteiger partial charge in [0.25, 0.3) is 5.56 Å². The molecule has 1 heterocycles. The Morgan fingerprint density at radius 3 is 2.42 bits per heavy atom. The van der Waals surface area contributed by atoms with Crippen LogP contribution in [-0.4, -0.2) is 11.2 Å². The number of ether oxygens (including phenoxy) is 1. The Morgan fingerprint density at radius 1 is 0.958 bits per heavy atom. The van der Waals surface area contributed by atoms with Crippen LogP contribution in [0.3, 0.4) is 0 Å². The summed E-state index contributed by atoms with van der Waals surface area (Å²) in [5.74, 6) is 0.219. The van der Waals surface area contributed by atoms with Gasteiger partial charge in [-0.3, -0.25) is 9.36 Å². The van der Waals surface area contributed by atoms with Gasteiger partial charge in [-0.25, -0.2) is 4.39 Å². The fourth-order valence-electron chi connectivity index (χ4n) is 2.48. The summed E-state index contributed by atoms with van der Waals surface area (Å²) in [7, 11) is 0. The third-order valence-electron chi connectivity index (χ3n) is 3.72. The summed E-state index contributed by atoms with van der Waals surface area (Å²) in [5, 5.41) is 0. The number of rotatable bonds is 6. The van der Waals surface area contributed by atoms with E-state index in [0.29, 0.717) is 18.0 Å². The van der Waals surface area contributed by atoms with Crippen LogP contribution in [0.15, 0.2) is 77.7 Å². The van der Waals surface area contributed by atoms with Gasteiger partial charge in [0.2, 0.25) is 0 Å². The van der Waals surface area contributed by atoms with Crippen molar-refractivity contribution in [1.82, 2.24) is 4.57 Å². The van der Waals surface area contributed by atoms with E-state index in [4.69, 9.17) is 4.74 Å². The lowest BCUT2D eigenvalue weighted by Crippen LogP contribution is -2.16. The summed E-state index contributed by atoms with van der Waals surface area (Å²) in [4.78, 5) is 12.2. The van der Waals surface area contributed by atoms with E-state index in [1.807, 2.05) is 18.2 Å². The van der Waals surface area contributed by atoms with Crippen molar-refractivity contribution < 1.29 is 9.13 Å². The van der Waals surface area contributed by atoms with E-state index in [0.717, 1.165) is 12.8 Å². The van der Waals surface area contributed by atoms with Crippen molar-refractivity contribution in [1.29, 1.82) is 0 Å². The monoisotopic (exact) mass is 323 g/mol. The summed E-state index contributed by atoms with van der Waals surface area (Å²) in [6, 6.07) is 19.2. The van der Waals surface area contributed by atoms with Gasteiger partial charge in [0.1, 0.15) is 11.6 Å². The molecular weight excluding hydrogens is 305 g/mol. The molecule has 0 aliphatic rings. The van der Waals surface area contributed by atoms with E-state index in [1.54, 1.807) is 24.4 Å². The highest BCUT2D eigenvalue weighted by molar-refractivity contribution is 5.34. The third-order valence-corrected chi connectivity index (χ3v) is 3.72. The standard InChI is InChI=1S/C20H18FNO2/c21-17-8-10-18(11-9-17)22-13-12-19(15-20(22)23)24-14-4-7-16-5-2-1-3-6-16/h1-3,5-6,8-13,15H,4,7,14H2. The Kier molecular flexibility index (Phi) is 5.06. The zero-order valence-electron chi connectivity index (χ0n) is 13.2. The molecule has 0 saturated heterocycles. The quantitative estimate of drug-likeness (QED) is 0.642. The van der Waals surface area contributed by atoms with E-state index in [2.05, 4.69) is 12.1 Å². The molecule has 0 aliphatic heterocycles. The van der Waals surface area contributed by atoms with Gasteiger partial charge in [-0.15, -0.1) is 0 Å². The normalized spacial score (nSPS) is 10.5. The Labute approximate surface area is 140 Å². The molecule has 3 aromatic rings. The van der Waals surface area contributed by atoms with E-state index < -0.39 is 0 Å². The minimum atomic E-state index is -0.329. The predicted octanol–water partition coefficient (Wildman–Crippen LogP) is 3.99. The zero-order chi connectivity index (χ0) is 16.8. The average Bonchev–Trinajstić information content (AvgIpc) is 2.61. The van der Waals surface area contributed by atoms with E-state index in [9.17, 15) is 9.18 Å². The lowest BCUT2D eigenvalue weighted by Gasteiger charge is -2.09. The number of hydrogen-bond acceptors (Lipinski definition) is 2. The van der Waals surface area contributed by atoms with Crippen molar-refractivity contribution in [3.05, 3.63) is 94.7 Å². The molecule has 4 heteroatoms. The Hall–Kier alpha value is -2.88. The molecule has 122 valence electrons. The smallest absolute Gasteiger partial charge is 0.258 e. The molecule has 3 nitrogen and oxygen atoms in total. The number of benzene rings is 2. The number of nitrogens with zero attached hydrogens (tertiary/aromatic N) is 1. The molecule has 0 N–H and O–H groups in total. The molecule has 0 fully saturated rings. The van der Waals surface area contributed by atoms with Crippen LogP contribution in [-0.2, 0) is 6.42 Å². The molecule has 0 unspecified atom stereocenters. The fourth-order valence-corrected chi connectivity index (χ4v) is 2.48. The van der Waals surface area contributed by atoms with Gasteiger partial charge >= 0.3 is 0 Å². The van der Waals surface area contributed by atoms with Crippen molar-refractivity contribution in [2.75, 3.05) is 6.61 Å². The van der Waals surface area contributed by atoms with Crippen molar-refractivity contribution in [3.8, 4) is 11.4 Å². The minimum Gasteiger partial charge on any atom is -0.493 e. The van der Waals surface area contributed by atoms with Gasteiger partial charge in [-0.1, -0.05) is 30.3 Å². The summed E-state index contributed by atoms with van der Waals surface area (Å²) in [5.41, 5.74) is 1.69. The summed E-state index contributed by atoms with van der Waals surface area (Å²) in [6.45, 7) is 0.550. The third kappa shape index (κ3) is 4.10. The highest BCUT2D eigenvalue weighted by Crippen LogP contribution is 2.11. The van der Waals surface area contributed by atoms with Crippen molar-refractivity contribution >= 4 is 0 Å². The maximum absolute atomic E-state index is 13.0. The first kappa shape index (κ1) is 16.0. The summed E-state index contributed by atoms with van der Waals surface area (Å²) in [6.07, 6.45) is 3.46. The van der Waals surface area contributed by atoms with Crippen LogP contribution >= 0.6 is 0 Å². The molecule has 0 saturated carbocycles. The second-order valence-electron chi connectivity index (χ2n) is 5.48. The maximum Gasteiger partial charge on any atom is 0.258 e. The van der Waals surface area contributed by atoms with Crippen molar-refractivity contribution in [2.45, 2.75) is 12.8 Å². The van der Waals surface area contributed by atoms with Crippen molar-refractivity contribution in [3.63, 3.8) is 0 Å². The molecule has 0 bridgehead atoms. The Bertz CT molecular complexity index is 842. The fraction of sp³-hybridized carbons (Fsp3) is 0.150. The van der Waals surface area contributed by atoms with Gasteiger partial charge in [-0.05, 0) is 48.7 Å². The van der Waals surface area contributed by atoms with Crippen molar-refractivity contribution in [2.24, 2.45) is 0 Å². The van der Waals surface area contributed by atoms with Crippen LogP contribution in [0, 0.1) is 5.82 Å². The van der Waals surface area contributed by atoms with Crippen LogP contribution in [0.1, 0.15) is 12.0 Å². The van der Waals surface area contributed by atoms with Crippen LogP contribution in [0.4, 0.5) is 4.39 Å². The van der Waals surface area contributed by atoms with E-state index >= 15 is 0 Å². The topological polar surface area (TPSA) is 31.2 Å². The average molecular weight is 323 g/mol. The van der Waals surface area contributed by atoms with Crippen LogP contribution in [0.2, 0.25) is 0 Å². The molecule has 3 rings (SSSR count). The predicted molar refractivity (Wildman–Crippen MR) is 92.3 cm³/mol. The molecule has 0 aliphatic carbocycles. The van der Waals surface area contributed by atoms with E-state index in [-0.39, 0.29) is 11.4 Å².